The Bertz CT molecular complexity index is 404. The maximum absolute atomic E-state index is 11.9. The van der Waals surface area contributed by atoms with Gasteiger partial charge in [-0.1, -0.05) is 30.3 Å². The summed E-state index contributed by atoms with van der Waals surface area (Å²) in [7, 11) is 3.55. The summed E-state index contributed by atoms with van der Waals surface area (Å²) in [5.41, 5.74) is 0.963. The second kappa shape index (κ2) is 7.66. The Morgan fingerprint density at radius 1 is 1.32 bits per heavy atom. The lowest BCUT2D eigenvalue weighted by atomic mass is 10.2. The molecule has 0 saturated heterocycles. The van der Waals surface area contributed by atoms with Gasteiger partial charge < -0.3 is 10.1 Å². The molecule has 1 rings (SSSR count). The van der Waals surface area contributed by atoms with Crippen LogP contribution < -0.4 is 5.32 Å². The minimum Gasteiger partial charge on any atom is -0.415 e. The number of carbonyl (C=O) groups excluding carboxylic acids is 2. The van der Waals surface area contributed by atoms with Gasteiger partial charge in [-0.3, -0.25) is 4.79 Å². The van der Waals surface area contributed by atoms with Crippen LogP contribution in [0.15, 0.2) is 30.3 Å². The summed E-state index contributed by atoms with van der Waals surface area (Å²) in [4.78, 5) is 22.0. The maximum Gasteiger partial charge on any atom is 0.515 e. The number of rotatable bonds is 7. The van der Waals surface area contributed by atoms with Crippen molar-refractivity contribution in [2.75, 3.05) is 33.7 Å². The molecular weight excluding hydrogens is 244 g/mol. The summed E-state index contributed by atoms with van der Waals surface area (Å²) in [5.74, 6) is 0. The van der Waals surface area contributed by atoms with Gasteiger partial charge in [-0.25, -0.2) is 4.48 Å². The maximum atomic E-state index is 11.9. The first-order valence-corrected chi connectivity index (χ1v) is 6.16. The van der Waals surface area contributed by atoms with E-state index in [0.717, 1.165) is 5.56 Å². The third-order valence-electron chi connectivity index (χ3n) is 2.74. The Kier molecular flexibility index (Phi) is 6.18. The highest BCUT2D eigenvalue weighted by Crippen LogP contribution is 2.06. The number of ether oxygens (including phenoxy) is 1. The van der Waals surface area contributed by atoms with Crippen molar-refractivity contribution in [1.29, 1.82) is 0 Å². The Morgan fingerprint density at radius 2 is 2.00 bits per heavy atom. The summed E-state index contributed by atoms with van der Waals surface area (Å²) in [6.07, 6.45) is 1.45. The molecule has 0 bridgehead atoms. The third kappa shape index (κ3) is 5.63. The van der Waals surface area contributed by atoms with Crippen molar-refractivity contribution in [2.45, 2.75) is 6.61 Å². The van der Waals surface area contributed by atoms with Crippen molar-refractivity contribution >= 4 is 12.4 Å². The van der Waals surface area contributed by atoms with Crippen LogP contribution in [0.5, 0.6) is 0 Å². The zero-order valence-corrected chi connectivity index (χ0v) is 11.4. The normalized spacial score (nSPS) is 11.1. The number of hydrogen-bond acceptors (Lipinski definition) is 4. The summed E-state index contributed by atoms with van der Waals surface area (Å²) in [5, 5.41) is 2.87. The van der Waals surface area contributed by atoms with Crippen LogP contribution in [-0.2, 0) is 16.1 Å². The molecule has 0 aliphatic rings. The van der Waals surface area contributed by atoms with Gasteiger partial charge in [-0.05, 0) is 5.56 Å². The first kappa shape index (κ1) is 15.3. The van der Waals surface area contributed by atoms with E-state index >= 15 is 0 Å². The molecule has 1 amide bonds. The van der Waals surface area contributed by atoms with Crippen molar-refractivity contribution in [3.8, 4) is 0 Å². The first-order chi connectivity index (χ1) is 9.06. The standard InChI is InChI=1S/C14H20N2O3/c1-16(2,10-8-15-9-11-17)14(18)19-12-13-6-4-3-5-7-13/h3-7,15H,8-10,12H2,1-2H3/q+1. The lowest BCUT2D eigenvalue weighted by Crippen LogP contribution is -2.49. The number of quaternary nitrogens is 1. The number of nitrogens with zero attached hydrogens (tertiary/aromatic N) is 1. The van der Waals surface area contributed by atoms with Crippen LogP contribution in [0.2, 0.25) is 0 Å². The fourth-order valence-corrected chi connectivity index (χ4v) is 1.48. The highest BCUT2D eigenvalue weighted by atomic mass is 16.6. The summed E-state index contributed by atoms with van der Waals surface area (Å²) in [6, 6.07) is 9.55. The third-order valence-corrected chi connectivity index (χ3v) is 2.74. The summed E-state index contributed by atoms with van der Waals surface area (Å²) < 4.78 is 5.39. The molecule has 1 N–H and O–H groups in total. The molecule has 103 valence electrons. The number of nitrogens with one attached hydrogen (secondary N) is 1. The molecule has 5 nitrogen and oxygen atoms in total. The Balaban J connectivity index is 2.36. The van der Waals surface area contributed by atoms with E-state index in [4.69, 9.17) is 4.74 Å². The van der Waals surface area contributed by atoms with Crippen molar-refractivity contribution < 1.29 is 18.8 Å². The molecule has 0 aliphatic heterocycles. The topological polar surface area (TPSA) is 55.4 Å². The summed E-state index contributed by atoms with van der Waals surface area (Å²) in [6.45, 7) is 1.56. The summed E-state index contributed by atoms with van der Waals surface area (Å²) >= 11 is 0. The second-order valence-corrected chi connectivity index (χ2v) is 4.77. The number of hydrogen-bond donors (Lipinski definition) is 1. The quantitative estimate of drug-likeness (QED) is 0.592. The predicted octanol–water partition coefficient (Wildman–Crippen LogP) is 1.10. The molecule has 0 unspecified atom stereocenters. The van der Waals surface area contributed by atoms with Gasteiger partial charge in [0.1, 0.15) is 13.2 Å². The average molecular weight is 264 g/mol. The highest BCUT2D eigenvalue weighted by Gasteiger charge is 2.27. The van der Waals surface area contributed by atoms with Gasteiger partial charge in [0.05, 0.1) is 20.6 Å². The molecule has 0 fully saturated rings. The Labute approximate surface area is 113 Å². The van der Waals surface area contributed by atoms with Gasteiger partial charge in [-0.2, -0.15) is 4.79 Å². The highest BCUT2D eigenvalue weighted by molar-refractivity contribution is 5.59. The van der Waals surface area contributed by atoms with Crippen LogP contribution in [0.3, 0.4) is 0 Å². The molecule has 0 saturated carbocycles. The largest absolute Gasteiger partial charge is 0.515 e. The molecule has 0 aliphatic carbocycles. The van der Waals surface area contributed by atoms with Gasteiger partial charge >= 0.3 is 6.09 Å². The monoisotopic (exact) mass is 264 g/mol. The number of carbonyl (C=O) groups is 1. The van der Waals surface area contributed by atoms with Crippen molar-refractivity contribution in [3.05, 3.63) is 35.9 Å². The van der Waals surface area contributed by atoms with Crippen LogP contribution in [0, 0.1) is 0 Å². The van der Waals surface area contributed by atoms with Gasteiger partial charge in [0.15, 0.2) is 0 Å². The fourth-order valence-electron chi connectivity index (χ4n) is 1.48. The average Bonchev–Trinajstić information content (AvgIpc) is 2.42. The molecule has 1 aromatic rings. The lowest BCUT2D eigenvalue weighted by Gasteiger charge is -2.25. The lowest BCUT2D eigenvalue weighted by molar-refractivity contribution is -0.816. The molecule has 0 aromatic heterocycles. The second-order valence-electron chi connectivity index (χ2n) is 4.77. The van der Waals surface area contributed by atoms with Crippen molar-refractivity contribution in [3.63, 3.8) is 0 Å². The number of amides is 1. The molecule has 0 heterocycles. The Hall–Kier alpha value is -1.72. The zero-order chi connectivity index (χ0) is 14.1. The van der Waals surface area contributed by atoms with E-state index in [1.807, 2.05) is 30.3 Å². The predicted molar refractivity (Wildman–Crippen MR) is 72.2 cm³/mol. The van der Waals surface area contributed by atoms with Gasteiger partial charge in [0.25, 0.3) is 0 Å². The first-order valence-electron chi connectivity index (χ1n) is 6.16. The minimum atomic E-state index is -0.291. The van der Waals surface area contributed by atoms with Gasteiger partial charge in [-0.15, -0.1) is 0 Å². The molecule has 1 aromatic carbocycles. The van der Waals surface area contributed by atoms with Crippen LogP contribution in [0.25, 0.3) is 0 Å². The zero-order valence-electron chi connectivity index (χ0n) is 11.4. The van der Waals surface area contributed by atoms with Crippen molar-refractivity contribution in [2.24, 2.45) is 0 Å². The van der Waals surface area contributed by atoms with Crippen LogP contribution in [-0.4, -0.2) is 50.6 Å². The van der Waals surface area contributed by atoms with E-state index in [-0.39, 0.29) is 23.7 Å². The van der Waals surface area contributed by atoms with E-state index in [2.05, 4.69) is 5.32 Å². The molecule has 5 heteroatoms. The molecule has 0 atom stereocenters. The number of benzene rings is 1. The van der Waals surface area contributed by atoms with E-state index < -0.39 is 0 Å². The number of likely N-dealkylation sites (N-methyl/N-ethyl adjacent to an activating group) is 1. The SMILES string of the molecule is C[N+](C)(CCNC[C]=O)C(=O)OCc1ccccc1. The van der Waals surface area contributed by atoms with Gasteiger partial charge in [0.2, 0.25) is 6.29 Å². The van der Waals surface area contributed by atoms with Gasteiger partial charge in [0, 0.05) is 6.54 Å². The van der Waals surface area contributed by atoms with E-state index in [1.54, 1.807) is 20.4 Å². The smallest absolute Gasteiger partial charge is 0.415 e. The molecule has 1 radical (unpaired) electrons. The van der Waals surface area contributed by atoms with Crippen LogP contribution in [0.4, 0.5) is 4.79 Å². The molecule has 0 spiro atoms. The van der Waals surface area contributed by atoms with E-state index in [0.29, 0.717) is 13.1 Å². The molecular formula is C14H20N2O3+. The minimum absolute atomic E-state index is 0.110. The van der Waals surface area contributed by atoms with E-state index in [1.165, 1.54) is 0 Å². The van der Waals surface area contributed by atoms with Crippen LogP contribution in [0.1, 0.15) is 5.56 Å². The van der Waals surface area contributed by atoms with Crippen LogP contribution >= 0.6 is 0 Å². The Morgan fingerprint density at radius 3 is 2.63 bits per heavy atom. The van der Waals surface area contributed by atoms with E-state index in [9.17, 15) is 9.59 Å². The fraction of sp³-hybridized carbons (Fsp3) is 0.429. The molecule has 19 heavy (non-hydrogen) atoms. The van der Waals surface area contributed by atoms with Crippen molar-refractivity contribution in [1.82, 2.24) is 5.32 Å².